The molecule has 8 heteroatoms. The molecule has 2 N–H and O–H groups in total. The number of hydrogen-bond donors (Lipinski definition) is 2. The number of rotatable bonds is 7. The summed E-state index contributed by atoms with van der Waals surface area (Å²) >= 11 is 12.3. The van der Waals surface area contributed by atoms with E-state index in [1.165, 1.54) is 0 Å². The van der Waals surface area contributed by atoms with Crippen LogP contribution in [0.25, 0.3) is 0 Å². The number of benzene rings is 2. The molecule has 4 aromatic rings. The van der Waals surface area contributed by atoms with Crippen molar-refractivity contribution in [3.8, 4) is 0 Å². The molecule has 2 amide bonds. The smallest absolute Gasteiger partial charge is 0.251 e. The lowest BCUT2D eigenvalue weighted by Crippen LogP contribution is -2.41. The van der Waals surface area contributed by atoms with Crippen LogP contribution in [0, 0.1) is 0 Å². The molecule has 0 aliphatic heterocycles. The van der Waals surface area contributed by atoms with E-state index in [1.54, 1.807) is 48.5 Å². The summed E-state index contributed by atoms with van der Waals surface area (Å²) in [6.07, 6.45) is 7.59. The quantitative estimate of drug-likeness (QED) is 0.357. The van der Waals surface area contributed by atoms with Crippen LogP contribution in [0.5, 0.6) is 0 Å². The van der Waals surface area contributed by atoms with Gasteiger partial charge >= 0.3 is 0 Å². The first-order chi connectivity index (χ1) is 17.3. The van der Waals surface area contributed by atoms with E-state index in [9.17, 15) is 9.59 Å². The molecule has 2 unspecified atom stereocenters. The summed E-state index contributed by atoms with van der Waals surface area (Å²) in [5.74, 6) is -0.613. The Kier molecular flexibility index (Phi) is 7.98. The highest BCUT2D eigenvalue weighted by atomic mass is 35.5. The van der Waals surface area contributed by atoms with Crippen molar-refractivity contribution >= 4 is 35.0 Å². The zero-order valence-corrected chi connectivity index (χ0v) is 21.4. The number of pyridine rings is 2. The van der Waals surface area contributed by atoms with Gasteiger partial charge in [-0.1, -0.05) is 35.3 Å². The van der Waals surface area contributed by atoms with Crippen LogP contribution in [-0.4, -0.2) is 11.8 Å². The molecule has 0 bridgehead atoms. The first-order valence-corrected chi connectivity index (χ1v) is 12.1. The molecule has 0 saturated carbocycles. The van der Waals surface area contributed by atoms with Gasteiger partial charge in [0, 0.05) is 45.4 Å². The van der Waals surface area contributed by atoms with Crippen molar-refractivity contribution in [3.05, 3.63) is 130 Å². The fourth-order valence-electron chi connectivity index (χ4n) is 3.87. The van der Waals surface area contributed by atoms with Crippen molar-refractivity contribution in [1.82, 2.24) is 10.6 Å². The molecule has 6 nitrogen and oxygen atoms in total. The Morgan fingerprint density at radius 3 is 1.33 bits per heavy atom. The van der Waals surface area contributed by atoms with E-state index >= 15 is 0 Å². The molecule has 0 saturated heterocycles. The van der Waals surface area contributed by atoms with Gasteiger partial charge in [-0.15, -0.1) is 0 Å². The van der Waals surface area contributed by atoms with Crippen LogP contribution in [0.15, 0.2) is 97.6 Å². The summed E-state index contributed by atoms with van der Waals surface area (Å²) in [4.78, 5) is 26.7. The highest BCUT2D eigenvalue weighted by Gasteiger charge is 2.30. The Balaban J connectivity index is 1.77. The Hall–Kier alpha value is -3.74. The summed E-state index contributed by atoms with van der Waals surface area (Å²) in [6.45, 7) is 0. The summed E-state index contributed by atoms with van der Waals surface area (Å²) in [5.41, 5.74) is 2.50. The van der Waals surface area contributed by atoms with E-state index in [0.717, 1.165) is 11.1 Å². The van der Waals surface area contributed by atoms with Crippen molar-refractivity contribution in [1.29, 1.82) is 0 Å². The maximum absolute atomic E-state index is 13.3. The Morgan fingerprint density at radius 1 is 0.639 bits per heavy atom. The molecule has 4 rings (SSSR count). The second-order valence-corrected chi connectivity index (χ2v) is 9.39. The number of carbonyl (C=O) groups excluding carboxylic acids is 2. The van der Waals surface area contributed by atoms with Crippen LogP contribution in [0.2, 0.25) is 10.0 Å². The third-order valence-electron chi connectivity index (χ3n) is 5.81. The number of nitrogens with one attached hydrogen (secondary N) is 2. The maximum Gasteiger partial charge on any atom is 0.251 e. The highest BCUT2D eigenvalue weighted by molar-refractivity contribution is 6.31. The van der Waals surface area contributed by atoms with Gasteiger partial charge in [0.05, 0.1) is 12.1 Å². The lowest BCUT2D eigenvalue weighted by atomic mass is 9.93. The van der Waals surface area contributed by atoms with Crippen LogP contribution in [0.1, 0.15) is 43.9 Å². The first kappa shape index (κ1) is 25.4. The van der Waals surface area contributed by atoms with Crippen molar-refractivity contribution in [3.63, 3.8) is 0 Å². The number of nitrogens with zero attached hydrogens (tertiary/aromatic N) is 2. The fourth-order valence-corrected chi connectivity index (χ4v) is 4.25. The normalized spacial score (nSPS) is 12.4. The molecular formula is C28H26Cl2N4O2+2. The number of hydrogen-bond acceptors (Lipinski definition) is 2. The third kappa shape index (κ3) is 6.27. The first-order valence-electron chi connectivity index (χ1n) is 11.3. The molecular weight excluding hydrogens is 495 g/mol. The molecule has 0 aliphatic carbocycles. The van der Waals surface area contributed by atoms with Gasteiger partial charge in [-0.3, -0.25) is 9.59 Å². The standard InChI is InChI=1S/C28H24Cl2N4O2/c1-33-13-9-19(10-14-33)25(31-27(35)21-5-3-7-23(29)17-21)26(20-11-15-34(2)16-12-20)32-28(36)22-6-4-8-24(30)18-22/h3-18,25-26H,1-2H3/p+2. The van der Waals surface area contributed by atoms with E-state index in [2.05, 4.69) is 10.6 Å². The van der Waals surface area contributed by atoms with Gasteiger partial charge in [0.15, 0.2) is 24.8 Å². The molecule has 2 aromatic carbocycles. The van der Waals surface area contributed by atoms with Gasteiger partial charge in [-0.2, -0.15) is 0 Å². The average molecular weight is 521 g/mol. The molecule has 0 fully saturated rings. The van der Waals surface area contributed by atoms with Crippen LogP contribution in [-0.2, 0) is 14.1 Å². The zero-order valence-electron chi connectivity index (χ0n) is 19.9. The number of carbonyl (C=O) groups is 2. The number of aromatic nitrogens is 2. The SMILES string of the molecule is C[n+]1ccc(C(NC(=O)c2cccc(Cl)c2)C(NC(=O)c2cccc(Cl)c2)c2cc[n+](C)cc2)cc1. The summed E-state index contributed by atoms with van der Waals surface area (Å²) in [5, 5.41) is 7.18. The zero-order chi connectivity index (χ0) is 25.7. The predicted molar refractivity (Wildman–Crippen MR) is 139 cm³/mol. The van der Waals surface area contributed by atoms with Gasteiger partial charge in [0.25, 0.3) is 11.8 Å². The lowest BCUT2D eigenvalue weighted by molar-refractivity contribution is -0.671. The Labute approximate surface area is 220 Å². The second-order valence-electron chi connectivity index (χ2n) is 8.52. The number of aryl methyl sites for hydroxylation is 2. The van der Waals surface area contributed by atoms with Gasteiger partial charge in [0.1, 0.15) is 14.1 Å². The summed E-state index contributed by atoms with van der Waals surface area (Å²) in [7, 11) is 3.83. The molecule has 2 aromatic heterocycles. The van der Waals surface area contributed by atoms with Gasteiger partial charge < -0.3 is 10.6 Å². The minimum atomic E-state index is -0.589. The lowest BCUT2D eigenvalue weighted by Gasteiger charge is -2.29. The van der Waals surface area contributed by atoms with Crippen LogP contribution in [0.3, 0.4) is 0 Å². The second kappa shape index (κ2) is 11.3. The summed E-state index contributed by atoms with van der Waals surface area (Å²) in [6, 6.07) is 20.0. The Bertz CT molecular complexity index is 1270. The van der Waals surface area contributed by atoms with E-state index < -0.39 is 12.1 Å². The third-order valence-corrected chi connectivity index (χ3v) is 6.28. The largest absolute Gasteiger partial charge is 0.343 e. The van der Waals surface area contributed by atoms with Crippen LogP contribution in [0.4, 0.5) is 0 Å². The van der Waals surface area contributed by atoms with Gasteiger partial charge in [0.2, 0.25) is 0 Å². The molecule has 0 aliphatic rings. The van der Waals surface area contributed by atoms with E-state index in [4.69, 9.17) is 23.2 Å². The van der Waals surface area contributed by atoms with Crippen LogP contribution < -0.4 is 19.8 Å². The fraction of sp³-hybridized carbons (Fsp3) is 0.143. The van der Waals surface area contributed by atoms with Crippen LogP contribution >= 0.6 is 23.2 Å². The minimum absolute atomic E-state index is 0.306. The summed E-state index contributed by atoms with van der Waals surface area (Å²) < 4.78 is 3.81. The molecule has 182 valence electrons. The van der Waals surface area contributed by atoms with E-state index in [1.807, 2.05) is 72.3 Å². The van der Waals surface area contributed by atoms with Crippen molar-refractivity contribution < 1.29 is 18.7 Å². The Morgan fingerprint density at radius 2 is 1.00 bits per heavy atom. The van der Waals surface area contributed by atoms with Crippen molar-refractivity contribution in [2.24, 2.45) is 14.1 Å². The van der Waals surface area contributed by atoms with E-state index in [0.29, 0.717) is 21.2 Å². The average Bonchev–Trinajstić information content (AvgIpc) is 2.87. The maximum atomic E-state index is 13.3. The highest BCUT2D eigenvalue weighted by Crippen LogP contribution is 2.29. The molecule has 36 heavy (non-hydrogen) atoms. The monoisotopic (exact) mass is 520 g/mol. The van der Waals surface area contributed by atoms with Crippen molar-refractivity contribution in [2.45, 2.75) is 12.1 Å². The minimum Gasteiger partial charge on any atom is -0.343 e. The number of amides is 2. The molecule has 2 heterocycles. The van der Waals surface area contributed by atoms with Gasteiger partial charge in [-0.25, -0.2) is 9.13 Å². The molecule has 0 spiro atoms. The van der Waals surface area contributed by atoms with E-state index in [-0.39, 0.29) is 11.8 Å². The van der Waals surface area contributed by atoms with Gasteiger partial charge in [-0.05, 0) is 47.5 Å². The van der Waals surface area contributed by atoms with Crippen molar-refractivity contribution in [2.75, 3.05) is 0 Å². The number of halogens is 2. The topological polar surface area (TPSA) is 66.0 Å². The molecule has 2 atom stereocenters. The predicted octanol–water partition coefficient (Wildman–Crippen LogP) is 4.28. The molecule has 0 radical (unpaired) electrons.